The van der Waals surface area contributed by atoms with E-state index >= 15 is 0 Å². The Bertz CT molecular complexity index is 231. The van der Waals surface area contributed by atoms with E-state index in [4.69, 9.17) is 0 Å². The molecule has 3 fully saturated rings. The van der Waals surface area contributed by atoms with E-state index in [9.17, 15) is 5.11 Å². The molecule has 86 valence electrons. The van der Waals surface area contributed by atoms with E-state index in [1.165, 1.54) is 45.2 Å². The largest absolute Gasteiger partial charge is 0.392 e. The average molecular weight is 209 g/mol. The third-order valence-corrected chi connectivity index (χ3v) is 4.86. The lowest BCUT2D eigenvalue weighted by Crippen LogP contribution is -2.41. The summed E-state index contributed by atoms with van der Waals surface area (Å²) in [7, 11) is 0. The Balaban J connectivity index is 1.52. The van der Waals surface area contributed by atoms with Gasteiger partial charge in [-0.1, -0.05) is 6.42 Å². The molecular weight excluding hydrogens is 186 g/mol. The Morgan fingerprint density at radius 2 is 2.07 bits per heavy atom. The van der Waals surface area contributed by atoms with Crippen LogP contribution >= 0.6 is 0 Å². The smallest absolute Gasteiger partial charge is 0.0667 e. The molecule has 0 spiro atoms. The van der Waals surface area contributed by atoms with Gasteiger partial charge >= 0.3 is 0 Å². The minimum atomic E-state index is -0.0441. The lowest BCUT2D eigenvalue weighted by Gasteiger charge is -2.34. The van der Waals surface area contributed by atoms with Gasteiger partial charge in [0.25, 0.3) is 0 Å². The van der Waals surface area contributed by atoms with Gasteiger partial charge in [-0.25, -0.2) is 0 Å². The summed E-state index contributed by atoms with van der Waals surface area (Å²) in [4.78, 5) is 2.51. The fourth-order valence-electron chi connectivity index (χ4n) is 4.13. The van der Waals surface area contributed by atoms with Gasteiger partial charge in [0.1, 0.15) is 0 Å². The summed E-state index contributed by atoms with van der Waals surface area (Å²) in [6.45, 7) is 3.44. The third-order valence-electron chi connectivity index (χ3n) is 4.86. The molecule has 1 N–H and O–H groups in total. The Morgan fingerprint density at radius 1 is 1.13 bits per heavy atom. The van der Waals surface area contributed by atoms with Crippen LogP contribution in [0.2, 0.25) is 0 Å². The number of piperidine rings is 1. The zero-order valence-corrected chi connectivity index (χ0v) is 9.57. The third kappa shape index (κ3) is 2.07. The highest BCUT2D eigenvalue weighted by Gasteiger charge is 2.40. The SMILES string of the molecule is O[C@H]1CCCN(CC2CC3CCC2C3)C1. The molecule has 0 aromatic heterocycles. The zero-order chi connectivity index (χ0) is 10.3. The monoisotopic (exact) mass is 209 g/mol. The second kappa shape index (κ2) is 4.06. The van der Waals surface area contributed by atoms with Gasteiger partial charge in [0.2, 0.25) is 0 Å². The Kier molecular flexibility index (Phi) is 2.73. The first kappa shape index (κ1) is 10.1. The topological polar surface area (TPSA) is 23.5 Å². The van der Waals surface area contributed by atoms with Gasteiger partial charge in [-0.2, -0.15) is 0 Å². The van der Waals surface area contributed by atoms with E-state index in [2.05, 4.69) is 4.90 Å². The molecule has 2 bridgehead atoms. The van der Waals surface area contributed by atoms with Gasteiger partial charge in [0.15, 0.2) is 0 Å². The van der Waals surface area contributed by atoms with E-state index in [-0.39, 0.29) is 6.10 Å². The van der Waals surface area contributed by atoms with Crippen molar-refractivity contribution in [2.45, 2.75) is 44.6 Å². The summed E-state index contributed by atoms with van der Waals surface area (Å²) >= 11 is 0. The second-order valence-corrected chi connectivity index (χ2v) is 5.99. The van der Waals surface area contributed by atoms with Crippen molar-refractivity contribution >= 4 is 0 Å². The molecule has 1 saturated heterocycles. The van der Waals surface area contributed by atoms with Crippen LogP contribution < -0.4 is 0 Å². The van der Waals surface area contributed by atoms with Gasteiger partial charge < -0.3 is 10.0 Å². The van der Waals surface area contributed by atoms with Gasteiger partial charge in [0.05, 0.1) is 6.10 Å². The molecule has 15 heavy (non-hydrogen) atoms. The van der Waals surface area contributed by atoms with Crippen LogP contribution in [0.5, 0.6) is 0 Å². The summed E-state index contributed by atoms with van der Waals surface area (Å²) in [5.74, 6) is 3.07. The molecule has 1 aliphatic heterocycles. The Morgan fingerprint density at radius 3 is 2.73 bits per heavy atom. The van der Waals surface area contributed by atoms with Crippen molar-refractivity contribution in [3.05, 3.63) is 0 Å². The lowest BCUT2D eigenvalue weighted by molar-refractivity contribution is 0.0561. The quantitative estimate of drug-likeness (QED) is 0.750. The number of hydrogen-bond donors (Lipinski definition) is 1. The number of aliphatic hydroxyl groups is 1. The number of likely N-dealkylation sites (tertiary alicyclic amines) is 1. The molecule has 2 nitrogen and oxygen atoms in total. The molecule has 0 amide bonds. The molecule has 2 aliphatic carbocycles. The molecule has 3 aliphatic rings. The van der Waals surface area contributed by atoms with Crippen LogP contribution in [0.4, 0.5) is 0 Å². The highest BCUT2D eigenvalue weighted by atomic mass is 16.3. The van der Waals surface area contributed by atoms with Gasteiger partial charge in [-0.05, 0) is 56.4 Å². The van der Waals surface area contributed by atoms with Crippen molar-refractivity contribution < 1.29 is 5.11 Å². The van der Waals surface area contributed by atoms with Crippen molar-refractivity contribution in [3.8, 4) is 0 Å². The fourth-order valence-corrected chi connectivity index (χ4v) is 4.13. The summed E-state index contributed by atoms with van der Waals surface area (Å²) in [6.07, 6.45) is 8.17. The number of β-amino-alcohol motifs (C(OH)–C–C–N with tert-alkyl or cyclic N) is 1. The molecule has 3 rings (SSSR count). The van der Waals surface area contributed by atoms with Crippen LogP contribution in [0.25, 0.3) is 0 Å². The van der Waals surface area contributed by atoms with Crippen molar-refractivity contribution in [3.63, 3.8) is 0 Å². The zero-order valence-electron chi connectivity index (χ0n) is 9.57. The normalized spacial score (nSPS) is 46.2. The molecule has 0 aromatic rings. The van der Waals surface area contributed by atoms with Crippen LogP contribution in [-0.2, 0) is 0 Å². The van der Waals surface area contributed by atoms with Crippen LogP contribution in [-0.4, -0.2) is 35.7 Å². The Hall–Kier alpha value is -0.0800. The number of fused-ring (bicyclic) bond motifs is 2. The van der Waals surface area contributed by atoms with Crippen LogP contribution in [0.3, 0.4) is 0 Å². The molecule has 2 saturated carbocycles. The van der Waals surface area contributed by atoms with E-state index < -0.39 is 0 Å². The fraction of sp³-hybridized carbons (Fsp3) is 1.00. The number of rotatable bonds is 2. The summed E-state index contributed by atoms with van der Waals surface area (Å²) in [5.41, 5.74) is 0. The second-order valence-electron chi connectivity index (χ2n) is 5.99. The van der Waals surface area contributed by atoms with Gasteiger partial charge in [-0.15, -0.1) is 0 Å². The van der Waals surface area contributed by atoms with Crippen molar-refractivity contribution in [2.24, 2.45) is 17.8 Å². The molecule has 2 heteroatoms. The van der Waals surface area contributed by atoms with E-state index in [0.717, 1.165) is 30.7 Å². The molecule has 1 heterocycles. The lowest BCUT2D eigenvalue weighted by atomic mass is 9.88. The molecule has 0 aromatic carbocycles. The average Bonchev–Trinajstić information content (AvgIpc) is 2.79. The summed E-state index contributed by atoms with van der Waals surface area (Å²) in [5, 5.41) is 9.64. The maximum Gasteiger partial charge on any atom is 0.0667 e. The van der Waals surface area contributed by atoms with Crippen LogP contribution in [0.15, 0.2) is 0 Å². The summed E-state index contributed by atoms with van der Waals surface area (Å²) < 4.78 is 0. The highest BCUT2D eigenvalue weighted by Crippen LogP contribution is 2.48. The molecule has 4 atom stereocenters. The first-order chi connectivity index (χ1) is 7.31. The van der Waals surface area contributed by atoms with Crippen molar-refractivity contribution in [1.29, 1.82) is 0 Å². The highest BCUT2D eigenvalue weighted by molar-refractivity contribution is 4.91. The van der Waals surface area contributed by atoms with E-state index in [1.54, 1.807) is 0 Å². The number of nitrogens with zero attached hydrogens (tertiary/aromatic N) is 1. The van der Waals surface area contributed by atoms with Gasteiger partial charge in [-0.3, -0.25) is 0 Å². The molecule has 0 radical (unpaired) electrons. The first-order valence-corrected chi connectivity index (χ1v) is 6.71. The Labute approximate surface area is 92.7 Å². The first-order valence-electron chi connectivity index (χ1n) is 6.71. The number of aliphatic hydroxyl groups excluding tert-OH is 1. The van der Waals surface area contributed by atoms with E-state index in [0.29, 0.717) is 0 Å². The summed E-state index contributed by atoms with van der Waals surface area (Å²) in [6, 6.07) is 0. The van der Waals surface area contributed by atoms with Crippen molar-refractivity contribution in [2.75, 3.05) is 19.6 Å². The van der Waals surface area contributed by atoms with Gasteiger partial charge in [0, 0.05) is 13.1 Å². The maximum absolute atomic E-state index is 9.64. The minimum absolute atomic E-state index is 0.0441. The minimum Gasteiger partial charge on any atom is -0.392 e. The van der Waals surface area contributed by atoms with Crippen molar-refractivity contribution in [1.82, 2.24) is 4.90 Å². The standard InChI is InChI=1S/C13H23NO/c15-13-2-1-5-14(9-13)8-12-7-10-3-4-11(12)6-10/h10-13,15H,1-9H2/t10?,11?,12?,13-/m0/s1. The van der Waals surface area contributed by atoms with Crippen LogP contribution in [0.1, 0.15) is 38.5 Å². The predicted molar refractivity (Wildman–Crippen MR) is 60.6 cm³/mol. The van der Waals surface area contributed by atoms with E-state index in [1.807, 2.05) is 0 Å². The van der Waals surface area contributed by atoms with Crippen LogP contribution in [0, 0.1) is 17.8 Å². The number of hydrogen-bond acceptors (Lipinski definition) is 2. The maximum atomic E-state index is 9.64. The molecule has 3 unspecified atom stereocenters. The predicted octanol–water partition coefficient (Wildman–Crippen LogP) is 1.88. The molecular formula is C13H23NO.